The molecule has 1 aliphatic carbocycles. The van der Waals surface area contributed by atoms with Gasteiger partial charge in [0.15, 0.2) is 5.78 Å². The van der Waals surface area contributed by atoms with E-state index < -0.39 is 13.3 Å². The third kappa shape index (κ3) is 7.82. The molecule has 1 unspecified atom stereocenters. The number of ketones is 1. The molecule has 4 aromatic rings. The van der Waals surface area contributed by atoms with Crippen LogP contribution >= 0.6 is 11.8 Å². The fourth-order valence-electron chi connectivity index (χ4n) is 7.31. The van der Waals surface area contributed by atoms with Gasteiger partial charge in [0, 0.05) is 38.0 Å². The average Bonchev–Trinajstić information content (AvgIpc) is 3.31. The van der Waals surface area contributed by atoms with Gasteiger partial charge in [0.1, 0.15) is 0 Å². The van der Waals surface area contributed by atoms with Gasteiger partial charge in [-0.2, -0.15) is 0 Å². The molecule has 0 bridgehead atoms. The SMILES string of the molecule is CCC(CC)C(=O)/C=C(\O)C(CC)CC.[2H]C1=C(c2cc[c]([Ge]([CH3])([CH3])[CH3])cc2)C2(C)Sc3c([c-]c4ccccc4c3C(C)C)-c3nccc1c32.[Ir]. The third-order valence-corrected chi connectivity index (χ3v) is 16.1. The van der Waals surface area contributed by atoms with Crippen LogP contribution in [-0.4, -0.2) is 29.1 Å². The van der Waals surface area contributed by atoms with E-state index in [4.69, 9.17) is 4.98 Å². The van der Waals surface area contributed by atoms with Gasteiger partial charge in [0.05, 0.1) is 5.76 Å². The molecule has 2 heterocycles. The van der Waals surface area contributed by atoms with Crippen molar-refractivity contribution in [2.45, 2.75) is 107 Å². The summed E-state index contributed by atoms with van der Waals surface area (Å²) in [7, 11) is 0. The van der Waals surface area contributed by atoms with E-state index in [-0.39, 0.29) is 48.2 Å². The predicted molar refractivity (Wildman–Crippen MR) is 214 cm³/mol. The molecule has 6 rings (SSSR count). The van der Waals surface area contributed by atoms with Crippen LogP contribution in [0.1, 0.15) is 104 Å². The van der Waals surface area contributed by atoms with E-state index in [1.54, 1.807) is 0 Å². The van der Waals surface area contributed by atoms with Crippen molar-refractivity contribution in [3.05, 3.63) is 101 Å². The summed E-state index contributed by atoms with van der Waals surface area (Å²) in [6.45, 7) is 14.9. The van der Waals surface area contributed by atoms with Crippen molar-refractivity contribution in [3.63, 3.8) is 0 Å². The number of aliphatic hydroxyl groups excluding tert-OH is 1. The van der Waals surface area contributed by atoms with Gasteiger partial charge in [-0.25, -0.2) is 0 Å². The summed E-state index contributed by atoms with van der Waals surface area (Å²) >= 11 is -0.0123. The molecule has 50 heavy (non-hydrogen) atoms. The molecule has 1 atom stereocenters. The van der Waals surface area contributed by atoms with Crippen LogP contribution < -0.4 is 4.40 Å². The molecular weight excluding hydrogens is 871 g/mol. The van der Waals surface area contributed by atoms with Gasteiger partial charge < -0.3 is 5.11 Å². The van der Waals surface area contributed by atoms with Crippen molar-refractivity contribution >= 4 is 57.6 Å². The summed E-state index contributed by atoms with van der Waals surface area (Å²) in [4.78, 5) is 17.9. The van der Waals surface area contributed by atoms with Gasteiger partial charge >= 0.3 is 206 Å². The molecule has 0 amide bonds. The minimum absolute atomic E-state index is 0. The topological polar surface area (TPSA) is 50.2 Å². The van der Waals surface area contributed by atoms with Crippen molar-refractivity contribution < 1.29 is 31.4 Å². The molecule has 1 aliphatic heterocycles. The molecule has 2 aliphatic rings. The number of hydrogen-bond acceptors (Lipinski definition) is 4. The zero-order valence-corrected chi connectivity index (χ0v) is 36.8. The predicted octanol–water partition coefficient (Wildman–Crippen LogP) is 12.1. The summed E-state index contributed by atoms with van der Waals surface area (Å²) in [5.41, 5.74) is 7.90. The molecular formula is C44H54GeIrNO2S-. The molecule has 267 valence electrons. The Morgan fingerprint density at radius 2 is 1.60 bits per heavy atom. The maximum atomic E-state index is 11.7. The Hall–Kier alpha value is -2.44. The van der Waals surface area contributed by atoms with Gasteiger partial charge in [-0.1, -0.05) is 33.8 Å². The Kier molecular flexibility index (Phi) is 12.8. The van der Waals surface area contributed by atoms with Crippen LogP contribution in [0.2, 0.25) is 17.3 Å². The van der Waals surface area contributed by atoms with Gasteiger partial charge in [-0.05, 0) is 25.7 Å². The number of rotatable bonds is 10. The Labute approximate surface area is 323 Å². The number of benzene rings is 3. The van der Waals surface area contributed by atoms with Crippen molar-refractivity contribution in [2.75, 3.05) is 0 Å². The molecule has 0 saturated carbocycles. The van der Waals surface area contributed by atoms with Crippen molar-refractivity contribution in [3.8, 4) is 11.3 Å². The molecule has 0 fully saturated rings. The number of carbonyl (C=O) groups excluding carboxylic acids is 1. The quantitative estimate of drug-likeness (QED) is 0.0745. The van der Waals surface area contributed by atoms with Crippen LogP contribution in [0.15, 0.2) is 77.5 Å². The summed E-state index contributed by atoms with van der Waals surface area (Å²) in [6, 6.07) is 24.1. The standard InChI is InChI=1S/C31H30GeNS.C13H24O2.Ir/c1-19(2)27-24-10-8-7-9-21(24)17-25-29-28-22(15-16-33-29)18-26(31(28,3)34-30(25)27)20-11-13-23(14-12-20)32(4,5)6;1-5-10(6-2)12(14)9-13(15)11(7-3)8-4;/h7-16,18-19H,1-6H3;9-11,14H,5-8H2,1-4H3;/q-1;;/b;12-9-;/i18D;;. The molecule has 3 nitrogen and oxygen atoms in total. The Balaban J connectivity index is 0.000000312. The van der Waals surface area contributed by atoms with E-state index in [2.05, 4.69) is 92.6 Å². The summed E-state index contributed by atoms with van der Waals surface area (Å²) in [5, 5.41) is 12.2. The monoisotopic (exact) mass is 928 g/mol. The van der Waals surface area contributed by atoms with Gasteiger partial charge in [-0.15, -0.1) is 0 Å². The van der Waals surface area contributed by atoms with Crippen molar-refractivity contribution in [1.82, 2.24) is 4.98 Å². The van der Waals surface area contributed by atoms with Crippen LogP contribution in [0, 0.1) is 17.9 Å². The number of aliphatic hydroxyl groups is 1. The molecule has 1 aromatic heterocycles. The van der Waals surface area contributed by atoms with E-state index in [1.165, 1.54) is 31.9 Å². The number of thioether (sulfide) groups is 1. The van der Waals surface area contributed by atoms with Gasteiger partial charge in [0.25, 0.3) is 0 Å². The fourth-order valence-corrected chi connectivity index (χ4v) is 11.4. The number of aromatic nitrogens is 1. The van der Waals surface area contributed by atoms with Crippen LogP contribution in [0.5, 0.6) is 0 Å². The first-order chi connectivity index (χ1) is 23.7. The van der Waals surface area contributed by atoms with E-state index >= 15 is 0 Å². The molecule has 1 radical (unpaired) electrons. The fraction of sp³-hybridized carbons (Fsp3) is 0.409. The second-order valence-corrected chi connectivity index (χ2v) is 27.1. The van der Waals surface area contributed by atoms with Crippen molar-refractivity contribution in [1.29, 1.82) is 0 Å². The minimum atomic E-state index is -1.92. The van der Waals surface area contributed by atoms with E-state index in [0.717, 1.165) is 59.0 Å². The minimum Gasteiger partial charge on any atom is 0 e. The first-order valence-electron chi connectivity index (χ1n) is 18.6. The first kappa shape index (κ1) is 38.8. The Morgan fingerprint density at radius 1 is 0.980 bits per heavy atom. The second kappa shape index (κ2) is 16.5. The smallest absolute Gasteiger partial charge is 0 e. The van der Waals surface area contributed by atoms with Crippen molar-refractivity contribution in [2.24, 2.45) is 11.8 Å². The van der Waals surface area contributed by atoms with E-state index in [0.29, 0.717) is 12.0 Å². The van der Waals surface area contributed by atoms with Crippen LogP contribution in [0.3, 0.4) is 0 Å². The summed E-state index contributed by atoms with van der Waals surface area (Å²) in [6.07, 6.45) is 6.78. The number of hydrogen-bond donors (Lipinski definition) is 1. The number of nitrogens with zero attached hydrogens (tertiary/aromatic N) is 1. The zero-order valence-electron chi connectivity index (χ0n) is 32.5. The molecule has 3 aromatic carbocycles. The number of fused-ring (bicyclic) bond motifs is 3. The maximum absolute atomic E-state index is 11.7. The third-order valence-electron chi connectivity index (χ3n) is 10.4. The summed E-state index contributed by atoms with van der Waals surface area (Å²) < 4.78 is 10.4. The largest absolute Gasteiger partial charge is 0 e. The van der Waals surface area contributed by atoms with E-state index in [1.807, 2.05) is 51.7 Å². The van der Waals surface area contributed by atoms with E-state index in [9.17, 15) is 11.3 Å². The average molecular weight is 927 g/mol. The zero-order chi connectivity index (χ0) is 36.5. The first-order valence-corrected chi connectivity index (χ1v) is 26.3. The molecule has 0 saturated heterocycles. The van der Waals surface area contributed by atoms with Gasteiger partial charge in [0.2, 0.25) is 0 Å². The Bertz CT molecular complexity index is 1950. The number of carbonyl (C=O) groups is 1. The number of allylic oxidation sites excluding steroid dienone is 2. The van der Waals surface area contributed by atoms with Gasteiger partial charge in [-0.3, -0.25) is 4.79 Å². The molecule has 0 spiro atoms. The maximum Gasteiger partial charge on any atom is 0 e. The Morgan fingerprint density at radius 3 is 2.18 bits per heavy atom. The van der Waals surface area contributed by atoms with Crippen LogP contribution in [0.4, 0.5) is 0 Å². The molecule has 1 N–H and O–H groups in total. The normalized spacial score (nSPS) is 17.0. The second-order valence-electron chi connectivity index (χ2n) is 15.0. The molecule has 6 heteroatoms. The van der Waals surface area contributed by atoms with Crippen LogP contribution in [0.25, 0.3) is 33.7 Å². The van der Waals surface area contributed by atoms with Crippen LogP contribution in [-0.2, 0) is 29.6 Å². The number of pyridine rings is 1. The summed E-state index contributed by atoms with van der Waals surface area (Å²) in [5.74, 6) is 8.20.